The van der Waals surface area contributed by atoms with Gasteiger partial charge in [-0.3, -0.25) is 9.89 Å². The maximum atomic E-state index is 12.8. The summed E-state index contributed by atoms with van der Waals surface area (Å²) in [5.74, 6) is 1.52. The van der Waals surface area contributed by atoms with E-state index in [1.807, 2.05) is 36.7 Å². The van der Waals surface area contributed by atoms with Crippen LogP contribution in [-0.2, 0) is 25.9 Å². The van der Waals surface area contributed by atoms with Crippen molar-refractivity contribution in [1.82, 2.24) is 25.1 Å². The Kier molecular flexibility index (Phi) is 5.67. The molecule has 3 N–H and O–H groups in total. The number of rotatable bonds is 6. The Morgan fingerprint density at radius 2 is 2.23 bits per heavy atom. The fraction of sp³-hybridized carbons (Fsp3) is 0.280. The molecule has 5 heterocycles. The van der Waals surface area contributed by atoms with E-state index in [0.29, 0.717) is 18.2 Å². The number of nitrogens with zero attached hydrogens (tertiary/aromatic N) is 4. The number of nitrogens with one attached hydrogen (secondary N) is 3. The number of thiazole rings is 1. The Morgan fingerprint density at radius 3 is 3.11 bits per heavy atom. The number of hydrogen-bond donors (Lipinski definition) is 3. The van der Waals surface area contributed by atoms with Gasteiger partial charge in [-0.25, -0.2) is 9.97 Å². The van der Waals surface area contributed by atoms with Gasteiger partial charge in [0.1, 0.15) is 11.6 Å². The van der Waals surface area contributed by atoms with E-state index in [4.69, 9.17) is 4.74 Å². The van der Waals surface area contributed by atoms with E-state index in [1.165, 1.54) is 16.2 Å². The molecule has 10 heteroatoms. The van der Waals surface area contributed by atoms with E-state index in [2.05, 4.69) is 42.7 Å². The molecular formula is C25H25N7O2S. The first-order valence-corrected chi connectivity index (χ1v) is 12.4. The van der Waals surface area contributed by atoms with Gasteiger partial charge < -0.3 is 20.3 Å². The minimum absolute atomic E-state index is 0.163. The number of ether oxygens (including phenoxy) is 1. The van der Waals surface area contributed by atoms with Crippen molar-refractivity contribution >= 4 is 28.7 Å². The second-order valence-corrected chi connectivity index (χ2v) is 9.88. The molecule has 0 bridgehead atoms. The summed E-state index contributed by atoms with van der Waals surface area (Å²) in [7, 11) is 2.09. The minimum Gasteiger partial charge on any atom is -0.492 e. The van der Waals surface area contributed by atoms with Gasteiger partial charge >= 0.3 is 0 Å². The van der Waals surface area contributed by atoms with E-state index in [9.17, 15) is 4.79 Å². The molecule has 1 amide bonds. The molecule has 2 aliphatic rings. The molecule has 0 radical (unpaired) electrons. The van der Waals surface area contributed by atoms with Crippen molar-refractivity contribution in [3.05, 3.63) is 69.6 Å². The van der Waals surface area contributed by atoms with Crippen molar-refractivity contribution in [3.8, 4) is 16.9 Å². The number of anilines is 2. The van der Waals surface area contributed by atoms with Crippen LogP contribution in [0, 0.1) is 0 Å². The molecule has 1 aromatic carbocycles. The zero-order valence-electron chi connectivity index (χ0n) is 19.3. The van der Waals surface area contributed by atoms with Gasteiger partial charge in [-0.1, -0.05) is 12.1 Å². The van der Waals surface area contributed by atoms with Gasteiger partial charge in [-0.2, -0.15) is 5.10 Å². The van der Waals surface area contributed by atoms with Gasteiger partial charge in [0.25, 0.3) is 5.91 Å². The summed E-state index contributed by atoms with van der Waals surface area (Å²) in [4.78, 5) is 25.5. The lowest BCUT2D eigenvalue weighted by atomic mass is 10.1. The average molecular weight is 488 g/mol. The lowest BCUT2D eigenvalue weighted by molar-refractivity contribution is 0.102. The van der Waals surface area contributed by atoms with Crippen LogP contribution in [-0.4, -0.2) is 51.2 Å². The van der Waals surface area contributed by atoms with Gasteiger partial charge in [0.2, 0.25) is 0 Å². The number of likely N-dealkylation sites (N-methyl/N-ethyl adjacent to an activating group) is 1. The molecule has 35 heavy (non-hydrogen) atoms. The first-order chi connectivity index (χ1) is 17.1. The zero-order valence-corrected chi connectivity index (χ0v) is 20.1. The molecule has 3 aromatic heterocycles. The third-order valence-electron chi connectivity index (χ3n) is 6.30. The number of aromatic nitrogens is 4. The molecule has 0 saturated carbocycles. The van der Waals surface area contributed by atoms with Gasteiger partial charge in [-0.05, 0) is 24.7 Å². The Hall–Kier alpha value is -3.76. The lowest BCUT2D eigenvalue weighted by Crippen LogP contribution is -2.25. The Bertz CT molecular complexity index is 1380. The summed E-state index contributed by atoms with van der Waals surface area (Å²) in [6, 6.07) is 7.84. The van der Waals surface area contributed by atoms with Crippen molar-refractivity contribution in [2.75, 3.05) is 30.8 Å². The zero-order chi connectivity index (χ0) is 23.8. The Labute approximate surface area is 206 Å². The first kappa shape index (κ1) is 21.8. The minimum atomic E-state index is -0.163. The molecule has 0 aliphatic carbocycles. The van der Waals surface area contributed by atoms with E-state index in [0.717, 1.165) is 71.1 Å². The molecule has 6 rings (SSSR count). The molecule has 0 spiro atoms. The third-order valence-corrected chi connectivity index (χ3v) is 7.38. The fourth-order valence-corrected chi connectivity index (χ4v) is 5.58. The molecule has 0 fully saturated rings. The largest absolute Gasteiger partial charge is 0.492 e. The average Bonchev–Trinajstić information content (AvgIpc) is 3.63. The first-order valence-electron chi connectivity index (χ1n) is 11.6. The van der Waals surface area contributed by atoms with Crippen LogP contribution in [0.1, 0.15) is 31.5 Å². The standard InChI is InChI=1S/C25H25N7O2S/c1-32-7-5-20-21(14-32)35-25(31-20)24(33)30-17-4-2-3-15(9-17)10-26-23-18-6-8-34-22(18)19(13-27-23)16-11-28-29-12-16/h2-4,9,11-13H,5-8,10,14H2,1H3,(H,26,27)(H,28,29)(H,30,33). The molecule has 178 valence electrons. The summed E-state index contributed by atoms with van der Waals surface area (Å²) < 4.78 is 5.91. The van der Waals surface area contributed by atoms with Gasteiger partial charge in [-0.15, -0.1) is 11.3 Å². The van der Waals surface area contributed by atoms with Crippen LogP contribution >= 0.6 is 11.3 Å². The maximum absolute atomic E-state index is 12.8. The van der Waals surface area contributed by atoms with Crippen molar-refractivity contribution in [2.24, 2.45) is 0 Å². The second-order valence-electron chi connectivity index (χ2n) is 8.80. The highest BCUT2D eigenvalue weighted by Gasteiger charge is 2.23. The van der Waals surface area contributed by atoms with Gasteiger partial charge in [0, 0.05) is 72.1 Å². The van der Waals surface area contributed by atoms with Crippen molar-refractivity contribution < 1.29 is 9.53 Å². The van der Waals surface area contributed by atoms with Crippen LogP contribution in [0.2, 0.25) is 0 Å². The Balaban J connectivity index is 1.14. The highest BCUT2D eigenvalue weighted by atomic mass is 32.1. The number of amides is 1. The summed E-state index contributed by atoms with van der Waals surface area (Å²) in [6.07, 6.45) is 7.12. The van der Waals surface area contributed by atoms with Crippen LogP contribution < -0.4 is 15.4 Å². The van der Waals surface area contributed by atoms with Crippen LogP contribution in [0.5, 0.6) is 5.75 Å². The molecule has 4 aromatic rings. The van der Waals surface area contributed by atoms with E-state index in [1.54, 1.807) is 6.20 Å². The van der Waals surface area contributed by atoms with E-state index in [-0.39, 0.29) is 5.91 Å². The summed E-state index contributed by atoms with van der Waals surface area (Å²) in [5, 5.41) is 13.8. The predicted octanol–water partition coefficient (Wildman–Crippen LogP) is 3.72. The monoisotopic (exact) mass is 487 g/mol. The number of H-pyrrole nitrogens is 1. The number of carbonyl (C=O) groups is 1. The lowest BCUT2D eigenvalue weighted by Gasteiger charge is -2.20. The number of hydrogen-bond acceptors (Lipinski definition) is 8. The van der Waals surface area contributed by atoms with Gasteiger partial charge in [0.15, 0.2) is 5.01 Å². The highest BCUT2D eigenvalue weighted by Crippen LogP contribution is 2.39. The molecule has 0 atom stereocenters. The predicted molar refractivity (Wildman–Crippen MR) is 135 cm³/mol. The van der Waals surface area contributed by atoms with Crippen LogP contribution in [0.15, 0.2) is 42.9 Å². The molecule has 0 saturated heterocycles. The SMILES string of the molecule is CN1CCc2nc(C(=O)Nc3cccc(CNc4ncc(-c5cn[nH]c5)c5c4CCO5)c3)sc2C1. The fourth-order valence-electron chi connectivity index (χ4n) is 4.49. The normalized spacial score (nSPS) is 14.8. The smallest absolute Gasteiger partial charge is 0.284 e. The molecule has 2 aliphatic heterocycles. The molecule has 0 unspecified atom stereocenters. The summed E-state index contributed by atoms with van der Waals surface area (Å²) in [6.45, 7) is 3.04. The summed E-state index contributed by atoms with van der Waals surface area (Å²) >= 11 is 1.49. The maximum Gasteiger partial charge on any atom is 0.284 e. The number of aromatic amines is 1. The van der Waals surface area contributed by atoms with Crippen molar-refractivity contribution in [3.63, 3.8) is 0 Å². The van der Waals surface area contributed by atoms with Crippen LogP contribution in [0.3, 0.4) is 0 Å². The topological polar surface area (TPSA) is 108 Å². The quantitative estimate of drug-likeness (QED) is 0.380. The number of benzene rings is 1. The number of fused-ring (bicyclic) bond motifs is 2. The highest BCUT2D eigenvalue weighted by molar-refractivity contribution is 7.13. The Morgan fingerprint density at radius 1 is 1.29 bits per heavy atom. The third kappa shape index (κ3) is 4.38. The van der Waals surface area contributed by atoms with E-state index < -0.39 is 0 Å². The van der Waals surface area contributed by atoms with E-state index >= 15 is 0 Å². The van der Waals surface area contributed by atoms with Crippen LogP contribution in [0.25, 0.3) is 11.1 Å². The van der Waals surface area contributed by atoms with Gasteiger partial charge in [0.05, 0.1) is 18.5 Å². The van der Waals surface area contributed by atoms with Crippen LogP contribution in [0.4, 0.5) is 11.5 Å². The number of carbonyl (C=O) groups excluding carboxylic acids is 1. The van der Waals surface area contributed by atoms with Crippen molar-refractivity contribution in [2.45, 2.75) is 25.9 Å². The second kappa shape index (κ2) is 9.12. The molecule has 9 nitrogen and oxygen atoms in total. The molecular weight excluding hydrogens is 462 g/mol. The van der Waals surface area contributed by atoms with Crippen molar-refractivity contribution in [1.29, 1.82) is 0 Å². The summed E-state index contributed by atoms with van der Waals surface area (Å²) in [5.41, 5.74) is 5.81. The number of pyridine rings is 1.